The van der Waals surface area contributed by atoms with E-state index in [0.29, 0.717) is 24.0 Å². The minimum atomic E-state index is -0.690. The second kappa shape index (κ2) is 7.85. The number of aryl methyl sites for hydroxylation is 1. The smallest absolute Gasteiger partial charge is 0.328 e. The molecule has 0 bridgehead atoms. The molecule has 2 aromatic rings. The lowest BCUT2D eigenvalue weighted by Gasteiger charge is -2.28. The van der Waals surface area contributed by atoms with Crippen molar-refractivity contribution >= 4 is 22.8 Å². The van der Waals surface area contributed by atoms with E-state index in [-0.39, 0.29) is 24.1 Å². The minimum absolute atomic E-state index is 0.220. The Kier molecular flexibility index (Phi) is 5.26. The number of rotatable bonds is 2. The zero-order valence-electron chi connectivity index (χ0n) is 16.5. The van der Waals surface area contributed by atoms with E-state index in [9.17, 15) is 14.4 Å². The number of aromatic nitrogens is 2. The Balaban J connectivity index is 1.66. The van der Waals surface area contributed by atoms with Crippen LogP contribution in [0.4, 0.5) is 0 Å². The standard InChI is InChI=1S/C21H25N5O3/c1-24-19-14(5-3-11-25-12-9-15(22)10-13-25)4-2-6-16(19)26(21(24)29)17-7-8-18(27)23-20(17)28/h2,4,6,15,17H,7-13,22H2,1H3,(H,23,27,28). The largest absolute Gasteiger partial charge is 0.329 e. The molecule has 2 amide bonds. The maximum atomic E-state index is 12.9. The van der Waals surface area contributed by atoms with E-state index in [1.54, 1.807) is 7.05 Å². The molecule has 1 atom stereocenters. The van der Waals surface area contributed by atoms with Gasteiger partial charge in [0.05, 0.1) is 23.1 Å². The maximum absolute atomic E-state index is 12.9. The molecule has 1 unspecified atom stereocenters. The molecule has 29 heavy (non-hydrogen) atoms. The minimum Gasteiger partial charge on any atom is -0.328 e. The molecule has 1 aromatic carbocycles. The summed E-state index contributed by atoms with van der Waals surface area (Å²) in [6.07, 6.45) is 2.51. The molecular formula is C21H25N5O3. The second-order valence-electron chi connectivity index (χ2n) is 7.77. The summed E-state index contributed by atoms with van der Waals surface area (Å²) < 4.78 is 3.01. The van der Waals surface area contributed by atoms with E-state index in [4.69, 9.17) is 5.73 Å². The summed E-state index contributed by atoms with van der Waals surface area (Å²) in [5.41, 5.74) is 7.77. The molecular weight excluding hydrogens is 370 g/mol. The van der Waals surface area contributed by atoms with Gasteiger partial charge in [0.25, 0.3) is 0 Å². The van der Waals surface area contributed by atoms with Gasteiger partial charge >= 0.3 is 5.69 Å². The van der Waals surface area contributed by atoms with Crippen LogP contribution in [0.2, 0.25) is 0 Å². The Labute approximate surface area is 168 Å². The number of carbonyl (C=O) groups is 2. The van der Waals surface area contributed by atoms with E-state index < -0.39 is 11.9 Å². The molecule has 8 heteroatoms. The lowest BCUT2D eigenvalue weighted by Crippen LogP contribution is -2.44. The molecule has 0 aliphatic carbocycles. The highest BCUT2D eigenvalue weighted by Gasteiger charge is 2.31. The molecule has 2 aliphatic heterocycles. The average molecular weight is 395 g/mol. The van der Waals surface area contributed by atoms with Crippen molar-refractivity contribution in [3.05, 3.63) is 34.2 Å². The van der Waals surface area contributed by atoms with Gasteiger partial charge in [0.1, 0.15) is 6.04 Å². The van der Waals surface area contributed by atoms with E-state index in [2.05, 4.69) is 22.1 Å². The maximum Gasteiger partial charge on any atom is 0.329 e. The molecule has 0 spiro atoms. The van der Waals surface area contributed by atoms with Crippen LogP contribution in [0.3, 0.4) is 0 Å². The van der Waals surface area contributed by atoms with Crippen LogP contribution in [-0.2, 0) is 16.6 Å². The van der Waals surface area contributed by atoms with Crippen molar-refractivity contribution in [2.75, 3.05) is 19.6 Å². The first kappa shape index (κ1) is 19.4. The van der Waals surface area contributed by atoms with Crippen molar-refractivity contribution < 1.29 is 9.59 Å². The average Bonchev–Trinajstić information content (AvgIpc) is 2.95. The fourth-order valence-corrected chi connectivity index (χ4v) is 4.13. The lowest BCUT2D eigenvalue weighted by molar-refractivity contribution is -0.135. The van der Waals surface area contributed by atoms with Gasteiger partial charge in [-0.25, -0.2) is 4.79 Å². The van der Waals surface area contributed by atoms with Crippen LogP contribution in [0.1, 0.15) is 37.3 Å². The van der Waals surface area contributed by atoms with Crippen LogP contribution < -0.4 is 16.7 Å². The van der Waals surface area contributed by atoms with Crippen LogP contribution in [0.5, 0.6) is 0 Å². The number of imidazole rings is 1. The van der Waals surface area contributed by atoms with Gasteiger partial charge in [-0.1, -0.05) is 17.9 Å². The van der Waals surface area contributed by atoms with Gasteiger partial charge in [0, 0.05) is 32.6 Å². The Morgan fingerprint density at radius 1 is 1.17 bits per heavy atom. The molecule has 0 radical (unpaired) electrons. The predicted molar refractivity (Wildman–Crippen MR) is 109 cm³/mol. The Hall–Kier alpha value is -2.89. The molecule has 152 valence electrons. The van der Waals surface area contributed by atoms with Gasteiger partial charge in [0.15, 0.2) is 0 Å². The van der Waals surface area contributed by atoms with E-state index in [1.807, 2.05) is 18.2 Å². The number of benzene rings is 1. The molecule has 2 saturated heterocycles. The fourth-order valence-electron chi connectivity index (χ4n) is 4.13. The molecule has 0 saturated carbocycles. The number of imide groups is 1. The topological polar surface area (TPSA) is 102 Å². The number of hydrogen-bond donors (Lipinski definition) is 2. The van der Waals surface area contributed by atoms with Crippen molar-refractivity contribution in [1.29, 1.82) is 0 Å². The van der Waals surface area contributed by atoms with Crippen molar-refractivity contribution in [2.45, 2.75) is 37.8 Å². The number of nitrogens with two attached hydrogens (primary N) is 1. The van der Waals surface area contributed by atoms with Crippen LogP contribution in [-0.4, -0.2) is 51.5 Å². The Bertz CT molecular complexity index is 1080. The summed E-state index contributed by atoms with van der Waals surface area (Å²) in [5, 5.41) is 2.33. The summed E-state index contributed by atoms with van der Waals surface area (Å²) >= 11 is 0. The van der Waals surface area contributed by atoms with Crippen LogP contribution in [0.25, 0.3) is 11.0 Å². The Morgan fingerprint density at radius 3 is 2.66 bits per heavy atom. The zero-order chi connectivity index (χ0) is 20.5. The van der Waals surface area contributed by atoms with Crippen LogP contribution in [0, 0.1) is 11.8 Å². The molecule has 2 aliphatic rings. The summed E-state index contributed by atoms with van der Waals surface area (Å²) in [6.45, 7) is 2.56. The molecule has 4 rings (SSSR count). The van der Waals surface area contributed by atoms with Crippen LogP contribution >= 0.6 is 0 Å². The first-order valence-corrected chi connectivity index (χ1v) is 9.96. The number of hydrogen-bond acceptors (Lipinski definition) is 5. The van der Waals surface area contributed by atoms with Gasteiger partial charge in [-0.3, -0.25) is 28.9 Å². The normalized spacial score (nSPS) is 21.1. The second-order valence-corrected chi connectivity index (χ2v) is 7.77. The SMILES string of the molecule is Cn1c(=O)n(C2CCC(=O)NC2=O)c2cccc(C#CCN3CCC(N)CC3)c21. The number of likely N-dealkylation sites (tertiary alicyclic amines) is 1. The first-order valence-electron chi connectivity index (χ1n) is 9.96. The van der Waals surface area contributed by atoms with Gasteiger partial charge in [-0.05, 0) is 31.4 Å². The lowest BCUT2D eigenvalue weighted by atomic mass is 10.1. The third kappa shape index (κ3) is 3.71. The Morgan fingerprint density at radius 2 is 1.93 bits per heavy atom. The number of para-hydroxylation sites is 1. The van der Waals surface area contributed by atoms with E-state index in [1.165, 1.54) is 9.13 Å². The van der Waals surface area contributed by atoms with Gasteiger partial charge in [-0.2, -0.15) is 0 Å². The van der Waals surface area contributed by atoms with Crippen molar-refractivity contribution in [2.24, 2.45) is 12.8 Å². The van der Waals surface area contributed by atoms with E-state index >= 15 is 0 Å². The van der Waals surface area contributed by atoms with Crippen molar-refractivity contribution in [3.8, 4) is 11.8 Å². The predicted octanol–water partition coefficient (Wildman–Crippen LogP) is 0.0923. The van der Waals surface area contributed by atoms with Gasteiger partial charge in [0.2, 0.25) is 11.8 Å². The third-order valence-electron chi connectivity index (χ3n) is 5.78. The number of amides is 2. The highest BCUT2D eigenvalue weighted by molar-refractivity contribution is 6.00. The summed E-state index contributed by atoms with van der Waals surface area (Å²) in [6, 6.07) is 5.14. The number of nitrogens with zero attached hydrogens (tertiary/aromatic N) is 3. The molecule has 3 N–H and O–H groups in total. The summed E-state index contributed by atoms with van der Waals surface area (Å²) in [4.78, 5) is 39.0. The molecule has 1 aromatic heterocycles. The van der Waals surface area contributed by atoms with E-state index in [0.717, 1.165) is 31.5 Å². The number of nitrogens with one attached hydrogen (secondary N) is 1. The van der Waals surface area contributed by atoms with Gasteiger partial charge < -0.3 is 5.73 Å². The first-order chi connectivity index (χ1) is 14.0. The molecule has 8 nitrogen and oxygen atoms in total. The van der Waals surface area contributed by atoms with Crippen molar-refractivity contribution in [1.82, 2.24) is 19.4 Å². The third-order valence-corrected chi connectivity index (χ3v) is 5.78. The number of piperidine rings is 2. The molecule has 3 heterocycles. The number of carbonyl (C=O) groups excluding carboxylic acids is 2. The highest BCUT2D eigenvalue weighted by atomic mass is 16.2. The number of fused-ring (bicyclic) bond motifs is 1. The summed E-state index contributed by atoms with van der Waals surface area (Å²) in [7, 11) is 1.68. The quantitative estimate of drug-likeness (QED) is 0.554. The van der Waals surface area contributed by atoms with Crippen molar-refractivity contribution in [3.63, 3.8) is 0 Å². The highest BCUT2D eigenvalue weighted by Crippen LogP contribution is 2.24. The fraction of sp³-hybridized carbons (Fsp3) is 0.476. The summed E-state index contributed by atoms with van der Waals surface area (Å²) in [5.74, 6) is 5.68. The van der Waals surface area contributed by atoms with Crippen LogP contribution in [0.15, 0.2) is 23.0 Å². The molecule has 2 fully saturated rings. The van der Waals surface area contributed by atoms with Gasteiger partial charge in [-0.15, -0.1) is 0 Å². The zero-order valence-corrected chi connectivity index (χ0v) is 16.5. The monoisotopic (exact) mass is 395 g/mol.